The summed E-state index contributed by atoms with van der Waals surface area (Å²) >= 11 is 0. The van der Waals surface area contributed by atoms with Crippen LogP contribution in [0, 0.1) is 5.92 Å². The van der Waals surface area contributed by atoms with Crippen LogP contribution in [0.1, 0.15) is 67.4 Å². The summed E-state index contributed by atoms with van der Waals surface area (Å²) in [5, 5.41) is 6.03. The first-order chi connectivity index (χ1) is 24.2. The molecule has 3 aromatic carbocycles. The lowest BCUT2D eigenvalue weighted by Crippen LogP contribution is -2.57. The summed E-state index contributed by atoms with van der Waals surface area (Å²) in [6.07, 6.45) is 3.97. The first-order valence-electron chi connectivity index (χ1n) is 17.8. The summed E-state index contributed by atoms with van der Waals surface area (Å²) in [5.74, 6) is 0.0654. The van der Waals surface area contributed by atoms with Crippen molar-refractivity contribution >= 4 is 23.6 Å². The van der Waals surface area contributed by atoms with Gasteiger partial charge in [-0.15, -0.1) is 0 Å². The van der Waals surface area contributed by atoms with Crippen LogP contribution in [0.25, 0.3) is 0 Å². The summed E-state index contributed by atoms with van der Waals surface area (Å²) in [6.45, 7) is 5.71. The molecular weight excluding hydrogens is 632 g/mol. The van der Waals surface area contributed by atoms with Gasteiger partial charge in [-0.1, -0.05) is 68.4 Å². The Morgan fingerprint density at radius 1 is 0.820 bits per heavy atom. The highest BCUT2D eigenvalue weighted by Crippen LogP contribution is 2.25. The van der Waals surface area contributed by atoms with Crippen LogP contribution in [0.2, 0.25) is 0 Å². The number of para-hydroxylation sites is 1. The number of amides is 4. The number of hydrogen-bond donors (Lipinski definition) is 2. The van der Waals surface area contributed by atoms with Crippen molar-refractivity contribution in [2.75, 3.05) is 33.4 Å². The standard InChI is InChI=1S/C40H50N4O6/c1-28(2)26-33-39(47)44-23-11-15-34(44)40(48)43(3)35(27-30-12-5-4-6-13-30)38(46)41-22-21-29-17-19-31(20-18-29)49-24-9-10-25-50-36-16-8-7-14-32(36)37(45)42-33/h4-8,12-14,16-20,28,33-35H,9-11,15,21-27H2,1-3H3,(H,41,46)(H,42,45)/t33-,34-,35+/m1/s1. The average molecular weight is 683 g/mol. The van der Waals surface area contributed by atoms with Gasteiger partial charge in [0.25, 0.3) is 5.91 Å². The predicted molar refractivity (Wildman–Crippen MR) is 192 cm³/mol. The molecule has 10 nitrogen and oxygen atoms in total. The monoisotopic (exact) mass is 682 g/mol. The molecule has 0 radical (unpaired) electrons. The molecule has 6 rings (SSSR count). The second-order valence-electron chi connectivity index (χ2n) is 13.6. The highest BCUT2D eigenvalue weighted by Gasteiger charge is 2.41. The normalized spacial score (nSPS) is 21.6. The van der Waals surface area contributed by atoms with Crippen LogP contribution < -0.4 is 20.1 Å². The van der Waals surface area contributed by atoms with Crippen molar-refractivity contribution in [1.29, 1.82) is 0 Å². The van der Waals surface area contributed by atoms with E-state index in [0.717, 1.165) is 29.7 Å². The third kappa shape index (κ3) is 9.64. The van der Waals surface area contributed by atoms with Crippen LogP contribution in [-0.4, -0.2) is 84.9 Å². The van der Waals surface area contributed by atoms with Gasteiger partial charge in [-0.25, -0.2) is 0 Å². The molecule has 0 unspecified atom stereocenters. The third-order valence-electron chi connectivity index (χ3n) is 9.35. The van der Waals surface area contributed by atoms with E-state index in [1.807, 2.05) is 74.5 Å². The quantitative estimate of drug-likeness (QED) is 0.409. The second kappa shape index (κ2) is 17.7. The van der Waals surface area contributed by atoms with Gasteiger partial charge in [-0.2, -0.15) is 0 Å². The summed E-state index contributed by atoms with van der Waals surface area (Å²) in [6, 6.07) is 22.1. The third-order valence-corrected chi connectivity index (χ3v) is 9.35. The number of fused-ring (bicyclic) bond motifs is 16. The van der Waals surface area contributed by atoms with Gasteiger partial charge in [0.2, 0.25) is 17.7 Å². The van der Waals surface area contributed by atoms with Crippen LogP contribution in [0.5, 0.6) is 11.5 Å². The molecular formula is C40H50N4O6. The fourth-order valence-electron chi connectivity index (χ4n) is 6.60. The molecule has 1 saturated heterocycles. The SMILES string of the molecule is CC(C)C[C@H]1NC(=O)c2ccccc2OCCCCOc2ccc(cc2)CCNC(=O)[C@H](Cc2ccccc2)N(C)C(=O)[C@H]2CCCN2C1=O. The van der Waals surface area contributed by atoms with Crippen LogP contribution in [0.15, 0.2) is 78.9 Å². The van der Waals surface area contributed by atoms with Gasteiger partial charge in [0.05, 0.1) is 18.8 Å². The van der Waals surface area contributed by atoms with Crippen molar-refractivity contribution in [3.8, 4) is 11.5 Å². The van der Waals surface area contributed by atoms with Gasteiger partial charge in [-0.3, -0.25) is 19.2 Å². The van der Waals surface area contributed by atoms with Gasteiger partial charge in [0.1, 0.15) is 29.6 Å². The molecule has 266 valence electrons. The molecule has 0 aliphatic carbocycles. The van der Waals surface area contributed by atoms with E-state index in [-0.39, 0.29) is 23.6 Å². The van der Waals surface area contributed by atoms with E-state index >= 15 is 0 Å². The fourth-order valence-corrected chi connectivity index (χ4v) is 6.60. The maximum Gasteiger partial charge on any atom is 0.255 e. The Morgan fingerprint density at radius 3 is 2.26 bits per heavy atom. The molecule has 3 aliphatic rings. The predicted octanol–water partition coefficient (Wildman–Crippen LogP) is 4.80. The van der Waals surface area contributed by atoms with Gasteiger partial charge in [0.15, 0.2) is 0 Å². The van der Waals surface area contributed by atoms with Gasteiger partial charge in [0, 0.05) is 26.6 Å². The zero-order valence-corrected chi connectivity index (χ0v) is 29.4. The number of benzene rings is 3. The van der Waals surface area contributed by atoms with E-state index in [1.165, 1.54) is 4.90 Å². The largest absolute Gasteiger partial charge is 0.494 e. The number of hydrogen-bond acceptors (Lipinski definition) is 6. The molecule has 0 spiro atoms. The zero-order valence-electron chi connectivity index (χ0n) is 29.4. The number of ether oxygens (including phenoxy) is 2. The lowest BCUT2D eigenvalue weighted by molar-refractivity contribution is -0.147. The van der Waals surface area contributed by atoms with E-state index in [9.17, 15) is 19.2 Å². The summed E-state index contributed by atoms with van der Waals surface area (Å²) < 4.78 is 12.0. The highest BCUT2D eigenvalue weighted by atomic mass is 16.5. The minimum Gasteiger partial charge on any atom is -0.494 e. The minimum atomic E-state index is -0.836. The molecule has 3 aromatic rings. The fraction of sp³-hybridized carbons (Fsp3) is 0.450. The maximum absolute atomic E-state index is 14.2. The van der Waals surface area contributed by atoms with Gasteiger partial charge in [-0.05, 0) is 79.8 Å². The van der Waals surface area contributed by atoms with Crippen molar-refractivity contribution < 1.29 is 28.7 Å². The first-order valence-corrected chi connectivity index (χ1v) is 17.8. The van der Waals surface area contributed by atoms with E-state index in [1.54, 1.807) is 30.1 Å². The zero-order chi connectivity index (χ0) is 35.5. The molecule has 4 amide bonds. The number of nitrogens with zero attached hydrogens (tertiary/aromatic N) is 2. The highest BCUT2D eigenvalue weighted by molar-refractivity contribution is 6.00. The number of carbonyl (C=O) groups is 4. The van der Waals surface area contributed by atoms with Crippen molar-refractivity contribution in [3.05, 3.63) is 95.6 Å². The Kier molecular flexibility index (Phi) is 12.9. The van der Waals surface area contributed by atoms with Crippen molar-refractivity contribution in [2.45, 2.75) is 76.9 Å². The first kappa shape index (κ1) is 36.4. The summed E-state index contributed by atoms with van der Waals surface area (Å²) in [7, 11) is 1.64. The van der Waals surface area contributed by atoms with E-state index < -0.39 is 24.0 Å². The molecule has 0 saturated carbocycles. The Morgan fingerprint density at radius 2 is 1.52 bits per heavy atom. The molecule has 3 aliphatic heterocycles. The molecule has 2 N–H and O–H groups in total. The second-order valence-corrected chi connectivity index (χ2v) is 13.6. The van der Waals surface area contributed by atoms with Crippen LogP contribution in [-0.2, 0) is 27.2 Å². The molecule has 0 aromatic heterocycles. The maximum atomic E-state index is 14.2. The summed E-state index contributed by atoms with van der Waals surface area (Å²) in [5.41, 5.74) is 2.33. The number of likely N-dealkylation sites (N-methyl/N-ethyl adjacent to an activating group) is 1. The number of carbonyl (C=O) groups excluding carboxylic acids is 4. The van der Waals surface area contributed by atoms with Gasteiger partial charge < -0.3 is 29.9 Å². The lowest BCUT2D eigenvalue weighted by Gasteiger charge is -2.34. The Hall–Kier alpha value is -4.86. The Bertz CT molecular complexity index is 1590. The van der Waals surface area contributed by atoms with Crippen molar-refractivity contribution in [1.82, 2.24) is 20.4 Å². The molecule has 3 heterocycles. The molecule has 10 heteroatoms. The number of rotatable bonds is 4. The smallest absolute Gasteiger partial charge is 0.255 e. The van der Waals surface area contributed by atoms with Crippen LogP contribution >= 0.6 is 0 Å². The molecule has 3 atom stereocenters. The average Bonchev–Trinajstić information content (AvgIpc) is 3.61. The van der Waals surface area contributed by atoms with E-state index in [4.69, 9.17) is 9.47 Å². The van der Waals surface area contributed by atoms with Crippen molar-refractivity contribution in [3.63, 3.8) is 0 Å². The topological polar surface area (TPSA) is 117 Å². The Balaban J connectivity index is 1.42. The molecule has 2 bridgehead atoms. The van der Waals surface area contributed by atoms with Gasteiger partial charge >= 0.3 is 0 Å². The van der Waals surface area contributed by atoms with E-state index in [0.29, 0.717) is 69.7 Å². The molecule has 1 fully saturated rings. The van der Waals surface area contributed by atoms with Crippen molar-refractivity contribution in [2.24, 2.45) is 5.92 Å². The van der Waals surface area contributed by atoms with Crippen LogP contribution in [0.3, 0.4) is 0 Å². The van der Waals surface area contributed by atoms with E-state index in [2.05, 4.69) is 10.6 Å². The Labute approximate surface area is 295 Å². The minimum absolute atomic E-state index is 0.101. The lowest BCUT2D eigenvalue weighted by atomic mass is 10.0. The van der Waals surface area contributed by atoms with Crippen LogP contribution in [0.4, 0.5) is 0 Å². The summed E-state index contributed by atoms with van der Waals surface area (Å²) in [4.78, 5) is 59.0. The molecule has 50 heavy (non-hydrogen) atoms. The number of nitrogens with one attached hydrogen (secondary N) is 2.